The first kappa shape index (κ1) is 16.2. The molecule has 3 nitrogen and oxygen atoms in total. The monoisotopic (exact) mass is 294 g/mol. The predicted molar refractivity (Wildman–Crippen MR) is 85.1 cm³/mol. The van der Waals surface area contributed by atoms with Gasteiger partial charge in [0.05, 0.1) is 12.1 Å². The maximum atomic E-state index is 13.5. The first-order valence-corrected chi connectivity index (χ1v) is 8.03. The summed E-state index contributed by atoms with van der Waals surface area (Å²) in [5.74, 6) is -0.204. The summed E-state index contributed by atoms with van der Waals surface area (Å²) in [6.45, 7) is 3.70. The minimum atomic E-state index is -0.287. The van der Waals surface area contributed by atoms with E-state index in [4.69, 9.17) is 0 Å². The molecule has 0 amide bonds. The summed E-state index contributed by atoms with van der Waals surface area (Å²) in [6, 6.07) is 5.07. The number of rotatable bonds is 6. The fraction of sp³-hybridized carbons (Fsp3) is 0.647. The molecule has 2 unspecified atom stereocenters. The van der Waals surface area contributed by atoms with Crippen molar-refractivity contribution in [1.29, 1.82) is 0 Å². The molecule has 118 valence electrons. The van der Waals surface area contributed by atoms with E-state index in [9.17, 15) is 9.50 Å². The third-order valence-electron chi connectivity index (χ3n) is 4.36. The summed E-state index contributed by atoms with van der Waals surface area (Å²) in [7, 11) is 2.01. The Labute approximate surface area is 127 Å². The van der Waals surface area contributed by atoms with E-state index in [0.29, 0.717) is 6.54 Å². The molecule has 0 spiro atoms. The van der Waals surface area contributed by atoms with E-state index in [1.54, 1.807) is 6.07 Å². The number of hydrogen-bond donors (Lipinski definition) is 2. The number of benzene rings is 1. The van der Waals surface area contributed by atoms with Gasteiger partial charge < -0.3 is 15.3 Å². The van der Waals surface area contributed by atoms with Crippen molar-refractivity contribution in [2.45, 2.75) is 57.7 Å². The lowest BCUT2D eigenvalue weighted by atomic mass is 9.91. The molecular weight excluding hydrogens is 267 g/mol. The van der Waals surface area contributed by atoms with E-state index in [1.165, 1.54) is 6.07 Å². The Balaban J connectivity index is 2.16. The van der Waals surface area contributed by atoms with Gasteiger partial charge in [-0.15, -0.1) is 0 Å². The van der Waals surface area contributed by atoms with Gasteiger partial charge in [-0.25, -0.2) is 4.39 Å². The van der Waals surface area contributed by atoms with Gasteiger partial charge in [-0.3, -0.25) is 0 Å². The first-order valence-electron chi connectivity index (χ1n) is 8.03. The molecule has 21 heavy (non-hydrogen) atoms. The molecule has 4 heteroatoms. The van der Waals surface area contributed by atoms with Crippen LogP contribution in [0.15, 0.2) is 18.2 Å². The average molecular weight is 294 g/mol. The van der Waals surface area contributed by atoms with E-state index < -0.39 is 0 Å². The van der Waals surface area contributed by atoms with Crippen molar-refractivity contribution in [2.24, 2.45) is 0 Å². The van der Waals surface area contributed by atoms with Gasteiger partial charge in [-0.2, -0.15) is 0 Å². The molecule has 0 radical (unpaired) electrons. The normalized spacial score (nSPS) is 22.3. The number of nitrogens with zero attached hydrogens (tertiary/aromatic N) is 1. The second-order valence-corrected chi connectivity index (χ2v) is 5.98. The maximum Gasteiger partial charge on any atom is 0.123 e. The highest BCUT2D eigenvalue weighted by Crippen LogP contribution is 2.29. The van der Waals surface area contributed by atoms with Crippen LogP contribution in [0.3, 0.4) is 0 Å². The predicted octanol–water partition coefficient (Wildman–Crippen LogP) is 3.07. The van der Waals surface area contributed by atoms with Gasteiger partial charge in [0.15, 0.2) is 0 Å². The van der Waals surface area contributed by atoms with Crippen molar-refractivity contribution in [1.82, 2.24) is 5.32 Å². The Hall–Kier alpha value is -1.13. The molecule has 1 fully saturated rings. The molecule has 1 saturated carbocycles. The minimum Gasteiger partial charge on any atom is -0.391 e. The molecule has 0 bridgehead atoms. The number of hydrogen-bond acceptors (Lipinski definition) is 3. The molecule has 0 heterocycles. The van der Waals surface area contributed by atoms with E-state index in [2.05, 4.69) is 17.1 Å². The van der Waals surface area contributed by atoms with Gasteiger partial charge in [-0.05, 0) is 49.6 Å². The van der Waals surface area contributed by atoms with E-state index in [1.807, 2.05) is 13.1 Å². The van der Waals surface area contributed by atoms with E-state index in [-0.39, 0.29) is 18.0 Å². The topological polar surface area (TPSA) is 35.5 Å². The molecule has 1 aliphatic rings. The van der Waals surface area contributed by atoms with Crippen LogP contribution in [0.5, 0.6) is 0 Å². The zero-order valence-corrected chi connectivity index (χ0v) is 13.1. The molecule has 0 saturated heterocycles. The Kier molecular flexibility index (Phi) is 6.00. The number of aliphatic hydroxyl groups is 1. The van der Waals surface area contributed by atoms with Gasteiger partial charge in [0.1, 0.15) is 5.82 Å². The molecule has 2 rings (SSSR count). The zero-order chi connectivity index (χ0) is 15.2. The van der Waals surface area contributed by atoms with Crippen LogP contribution in [0.4, 0.5) is 10.1 Å². The lowest BCUT2D eigenvalue weighted by Gasteiger charge is -2.37. The van der Waals surface area contributed by atoms with Crippen molar-refractivity contribution in [2.75, 3.05) is 18.5 Å². The van der Waals surface area contributed by atoms with Crippen LogP contribution in [0.2, 0.25) is 0 Å². The van der Waals surface area contributed by atoms with E-state index in [0.717, 1.165) is 49.9 Å². The summed E-state index contributed by atoms with van der Waals surface area (Å²) < 4.78 is 13.5. The van der Waals surface area contributed by atoms with Gasteiger partial charge in [0.25, 0.3) is 0 Å². The highest BCUT2D eigenvalue weighted by atomic mass is 19.1. The quantitative estimate of drug-likeness (QED) is 0.792. The fourth-order valence-electron chi connectivity index (χ4n) is 3.16. The molecule has 1 aromatic carbocycles. The summed E-state index contributed by atoms with van der Waals surface area (Å²) in [4.78, 5) is 2.13. The zero-order valence-electron chi connectivity index (χ0n) is 13.1. The first-order chi connectivity index (χ1) is 10.1. The molecule has 0 aromatic heterocycles. The number of aliphatic hydroxyl groups excluding tert-OH is 1. The van der Waals surface area contributed by atoms with Crippen LogP contribution in [0.1, 0.15) is 44.6 Å². The van der Waals surface area contributed by atoms with Gasteiger partial charge in [-0.1, -0.05) is 19.8 Å². The number of likely N-dealkylation sites (N-methyl/N-ethyl adjacent to an activating group) is 1. The van der Waals surface area contributed by atoms with Crippen LogP contribution in [-0.2, 0) is 6.54 Å². The van der Waals surface area contributed by atoms with Crippen molar-refractivity contribution >= 4 is 5.69 Å². The van der Waals surface area contributed by atoms with Gasteiger partial charge in [0, 0.05) is 19.3 Å². The third-order valence-corrected chi connectivity index (χ3v) is 4.36. The Morgan fingerprint density at radius 3 is 2.81 bits per heavy atom. The molecule has 2 atom stereocenters. The maximum absolute atomic E-state index is 13.5. The standard InChI is InChI=1S/C17H27FN2O/c1-3-10-19-12-13-11-14(18)8-9-15(13)20(2)16-6-4-5-7-17(16)21/h8-9,11,16-17,19,21H,3-7,10,12H2,1-2H3. The SMILES string of the molecule is CCCNCc1cc(F)ccc1N(C)C1CCCCC1O. The lowest BCUT2D eigenvalue weighted by molar-refractivity contribution is 0.106. The largest absolute Gasteiger partial charge is 0.391 e. The second kappa shape index (κ2) is 7.76. The minimum absolute atomic E-state index is 0.133. The van der Waals surface area contributed by atoms with Crippen LogP contribution >= 0.6 is 0 Å². The van der Waals surface area contributed by atoms with Crippen molar-refractivity contribution in [3.05, 3.63) is 29.6 Å². The Morgan fingerprint density at radius 1 is 1.33 bits per heavy atom. The molecule has 1 aliphatic carbocycles. The van der Waals surface area contributed by atoms with E-state index >= 15 is 0 Å². The lowest BCUT2D eigenvalue weighted by Crippen LogP contribution is -2.44. The highest BCUT2D eigenvalue weighted by molar-refractivity contribution is 5.54. The Morgan fingerprint density at radius 2 is 2.10 bits per heavy atom. The van der Waals surface area contributed by atoms with Crippen molar-refractivity contribution < 1.29 is 9.50 Å². The second-order valence-electron chi connectivity index (χ2n) is 5.98. The van der Waals surface area contributed by atoms with Crippen LogP contribution in [-0.4, -0.2) is 30.8 Å². The number of halogens is 1. The number of nitrogens with one attached hydrogen (secondary N) is 1. The van der Waals surface area contributed by atoms with Crippen LogP contribution < -0.4 is 10.2 Å². The third kappa shape index (κ3) is 4.17. The molecule has 1 aromatic rings. The summed E-state index contributed by atoms with van der Waals surface area (Å²) in [6.07, 6.45) is 4.87. The van der Waals surface area contributed by atoms with Crippen molar-refractivity contribution in [3.8, 4) is 0 Å². The smallest absolute Gasteiger partial charge is 0.123 e. The van der Waals surface area contributed by atoms with Crippen LogP contribution in [0.25, 0.3) is 0 Å². The molecular formula is C17H27FN2O. The number of anilines is 1. The summed E-state index contributed by atoms with van der Waals surface area (Å²) in [5.41, 5.74) is 1.98. The van der Waals surface area contributed by atoms with Crippen molar-refractivity contribution in [3.63, 3.8) is 0 Å². The summed E-state index contributed by atoms with van der Waals surface area (Å²) in [5, 5.41) is 13.6. The van der Waals surface area contributed by atoms with Gasteiger partial charge >= 0.3 is 0 Å². The molecule has 2 N–H and O–H groups in total. The van der Waals surface area contributed by atoms with Gasteiger partial charge in [0.2, 0.25) is 0 Å². The van der Waals surface area contributed by atoms with Crippen LogP contribution in [0, 0.1) is 5.82 Å². The molecule has 0 aliphatic heterocycles. The highest BCUT2D eigenvalue weighted by Gasteiger charge is 2.27. The Bertz CT molecular complexity index is 452. The summed E-state index contributed by atoms with van der Waals surface area (Å²) >= 11 is 0. The fourth-order valence-corrected chi connectivity index (χ4v) is 3.16. The average Bonchev–Trinajstić information content (AvgIpc) is 2.47.